The molecule has 0 fully saturated rings. The number of rotatable bonds is 5. The van der Waals surface area contributed by atoms with Crippen molar-refractivity contribution in [1.82, 2.24) is 5.32 Å². The molecule has 0 aliphatic heterocycles. The fourth-order valence-corrected chi connectivity index (χ4v) is 1.85. The number of esters is 1. The summed E-state index contributed by atoms with van der Waals surface area (Å²) >= 11 is 0. The number of benzene rings is 1. The van der Waals surface area contributed by atoms with Crippen LogP contribution in [0.1, 0.15) is 40.2 Å². The summed E-state index contributed by atoms with van der Waals surface area (Å²) in [4.78, 5) is 24.2. The fourth-order valence-electron chi connectivity index (χ4n) is 1.85. The summed E-state index contributed by atoms with van der Waals surface area (Å²) < 4.78 is 10.4. The molecule has 1 aromatic rings. The first-order valence-electron chi connectivity index (χ1n) is 7.61. The first-order valence-corrected chi connectivity index (χ1v) is 7.61. The van der Waals surface area contributed by atoms with Crippen LogP contribution in [-0.4, -0.2) is 29.8 Å². The van der Waals surface area contributed by atoms with Crippen LogP contribution in [0.25, 0.3) is 0 Å². The van der Waals surface area contributed by atoms with Gasteiger partial charge in [0, 0.05) is 12.1 Å². The van der Waals surface area contributed by atoms with E-state index >= 15 is 0 Å². The number of nitrogen functional groups attached to an aromatic ring is 1. The molecule has 0 bridgehead atoms. The molecule has 1 unspecified atom stereocenters. The van der Waals surface area contributed by atoms with Gasteiger partial charge in [-0.05, 0) is 52.3 Å². The highest BCUT2D eigenvalue weighted by Gasteiger charge is 2.26. The van der Waals surface area contributed by atoms with E-state index in [2.05, 4.69) is 5.32 Å². The van der Waals surface area contributed by atoms with Crippen LogP contribution in [0.4, 0.5) is 10.5 Å². The zero-order valence-electron chi connectivity index (χ0n) is 14.4. The van der Waals surface area contributed by atoms with E-state index in [0.29, 0.717) is 12.1 Å². The largest absolute Gasteiger partial charge is 0.461 e. The Hall–Kier alpha value is -2.24. The van der Waals surface area contributed by atoms with Crippen molar-refractivity contribution < 1.29 is 19.1 Å². The Morgan fingerprint density at radius 2 is 1.74 bits per heavy atom. The highest BCUT2D eigenvalue weighted by molar-refractivity contribution is 5.82. The number of amides is 1. The Kier molecular flexibility index (Phi) is 6.42. The summed E-state index contributed by atoms with van der Waals surface area (Å²) in [6, 6.07) is 6.28. The Morgan fingerprint density at radius 1 is 1.17 bits per heavy atom. The van der Waals surface area contributed by atoms with Gasteiger partial charge in [-0.3, -0.25) is 0 Å². The average Bonchev–Trinajstić information content (AvgIpc) is 2.37. The van der Waals surface area contributed by atoms with Gasteiger partial charge in [-0.25, -0.2) is 9.59 Å². The minimum atomic E-state index is -0.823. The zero-order valence-corrected chi connectivity index (χ0v) is 14.4. The molecule has 0 aliphatic carbocycles. The lowest BCUT2D eigenvalue weighted by atomic mass is 10.1. The van der Waals surface area contributed by atoms with Crippen LogP contribution in [0.3, 0.4) is 0 Å². The number of nitrogens with two attached hydrogens (primary N) is 1. The molecule has 1 amide bonds. The van der Waals surface area contributed by atoms with Crippen LogP contribution in [0, 0.1) is 0 Å². The number of nitrogens with one attached hydrogen (secondary N) is 1. The quantitative estimate of drug-likeness (QED) is 0.642. The Morgan fingerprint density at radius 3 is 2.22 bits per heavy atom. The first-order chi connectivity index (χ1) is 10.6. The number of anilines is 1. The predicted molar refractivity (Wildman–Crippen MR) is 88.9 cm³/mol. The number of ether oxygens (including phenoxy) is 2. The molecule has 0 aliphatic rings. The molecule has 0 aromatic heterocycles. The first kappa shape index (κ1) is 18.8. The van der Waals surface area contributed by atoms with Crippen molar-refractivity contribution in [2.75, 3.05) is 5.73 Å². The molecule has 1 rings (SSSR count). The summed E-state index contributed by atoms with van der Waals surface area (Å²) in [5.41, 5.74) is 6.51. The van der Waals surface area contributed by atoms with Gasteiger partial charge in [0.1, 0.15) is 11.6 Å². The summed E-state index contributed by atoms with van der Waals surface area (Å²) in [7, 11) is 0. The smallest absolute Gasteiger partial charge is 0.408 e. The van der Waals surface area contributed by atoms with Gasteiger partial charge in [0.25, 0.3) is 0 Å². The lowest BCUT2D eigenvalue weighted by Crippen LogP contribution is -2.46. The number of carbonyl (C=O) groups excluding carboxylic acids is 2. The third-order valence-electron chi connectivity index (χ3n) is 2.75. The molecular formula is C17H26N2O4. The molecule has 1 atom stereocenters. The summed E-state index contributed by atoms with van der Waals surface area (Å²) in [5.74, 6) is -0.498. The maximum absolute atomic E-state index is 12.2. The number of hydrogen-bond acceptors (Lipinski definition) is 5. The number of carbonyl (C=O) groups is 2. The van der Waals surface area contributed by atoms with Gasteiger partial charge in [-0.15, -0.1) is 0 Å². The lowest BCUT2D eigenvalue weighted by Gasteiger charge is -2.23. The maximum Gasteiger partial charge on any atom is 0.408 e. The van der Waals surface area contributed by atoms with E-state index in [4.69, 9.17) is 15.2 Å². The van der Waals surface area contributed by atoms with E-state index < -0.39 is 23.7 Å². The number of hydrogen-bond donors (Lipinski definition) is 2. The highest BCUT2D eigenvalue weighted by Crippen LogP contribution is 2.11. The van der Waals surface area contributed by atoms with Crippen LogP contribution in [0.15, 0.2) is 24.3 Å². The average molecular weight is 322 g/mol. The molecule has 3 N–H and O–H groups in total. The van der Waals surface area contributed by atoms with Gasteiger partial charge in [-0.2, -0.15) is 0 Å². The van der Waals surface area contributed by atoms with Crippen molar-refractivity contribution in [3.63, 3.8) is 0 Å². The molecule has 128 valence electrons. The van der Waals surface area contributed by atoms with Crippen LogP contribution >= 0.6 is 0 Å². The topological polar surface area (TPSA) is 90.6 Å². The molecule has 0 heterocycles. The molecule has 6 nitrogen and oxygen atoms in total. The van der Waals surface area contributed by atoms with Crippen LogP contribution < -0.4 is 11.1 Å². The predicted octanol–water partition coefficient (Wildman–Crippen LogP) is 2.66. The van der Waals surface area contributed by atoms with Crippen molar-refractivity contribution in [1.29, 1.82) is 0 Å². The van der Waals surface area contributed by atoms with E-state index in [9.17, 15) is 9.59 Å². The molecule has 1 aromatic carbocycles. The van der Waals surface area contributed by atoms with Gasteiger partial charge in [-0.1, -0.05) is 12.1 Å². The molecule has 0 saturated heterocycles. The van der Waals surface area contributed by atoms with Gasteiger partial charge in [0.2, 0.25) is 0 Å². The van der Waals surface area contributed by atoms with Crippen molar-refractivity contribution in [2.24, 2.45) is 0 Å². The molecule has 0 radical (unpaired) electrons. The van der Waals surface area contributed by atoms with E-state index in [0.717, 1.165) is 5.56 Å². The van der Waals surface area contributed by atoms with Gasteiger partial charge < -0.3 is 20.5 Å². The van der Waals surface area contributed by atoms with Crippen molar-refractivity contribution in [3.8, 4) is 0 Å². The van der Waals surface area contributed by atoms with Gasteiger partial charge in [0.15, 0.2) is 0 Å². The summed E-state index contributed by atoms with van der Waals surface area (Å²) in [5, 5.41) is 2.57. The molecule has 23 heavy (non-hydrogen) atoms. The van der Waals surface area contributed by atoms with E-state index in [1.165, 1.54) is 0 Å². The lowest BCUT2D eigenvalue weighted by molar-refractivity contribution is -0.149. The number of alkyl carbamates (subject to hydrolysis) is 1. The van der Waals surface area contributed by atoms with Crippen molar-refractivity contribution >= 4 is 17.7 Å². The molecule has 0 spiro atoms. The van der Waals surface area contributed by atoms with E-state index in [-0.39, 0.29) is 6.10 Å². The van der Waals surface area contributed by atoms with Gasteiger partial charge in [0.05, 0.1) is 6.10 Å². The molecular weight excluding hydrogens is 296 g/mol. The van der Waals surface area contributed by atoms with E-state index in [1.54, 1.807) is 46.8 Å². The van der Waals surface area contributed by atoms with Crippen LogP contribution in [0.5, 0.6) is 0 Å². The summed E-state index contributed by atoms with van der Waals surface area (Å²) in [6.45, 7) is 8.79. The third kappa shape index (κ3) is 7.54. The second-order valence-corrected chi connectivity index (χ2v) is 6.63. The second-order valence-electron chi connectivity index (χ2n) is 6.63. The molecule has 6 heteroatoms. The van der Waals surface area contributed by atoms with Crippen molar-refractivity contribution in [3.05, 3.63) is 29.8 Å². The standard InChI is InChI=1S/C17H26N2O4/c1-11(2)22-15(20)14(19-16(21)23-17(3,4)5)10-12-6-8-13(18)9-7-12/h6-9,11,14H,10,18H2,1-5H3,(H,19,21). The van der Waals surface area contributed by atoms with Crippen LogP contribution in [-0.2, 0) is 20.7 Å². The monoisotopic (exact) mass is 322 g/mol. The Balaban J connectivity index is 2.82. The Bertz CT molecular complexity index is 533. The fraction of sp³-hybridized carbons (Fsp3) is 0.529. The maximum atomic E-state index is 12.2. The normalized spacial score (nSPS) is 12.6. The second kappa shape index (κ2) is 7.85. The zero-order chi connectivity index (χ0) is 17.6. The van der Waals surface area contributed by atoms with E-state index in [1.807, 2.05) is 12.1 Å². The minimum Gasteiger partial charge on any atom is -0.461 e. The summed E-state index contributed by atoms with van der Waals surface area (Å²) in [6.07, 6.45) is -0.624. The minimum absolute atomic E-state index is 0.267. The third-order valence-corrected chi connectivity index (χ3v) is 2.75. The SMILES string of the molecule is CC(C)OC(=O)C(Cc1ccc(N)cc1)NC(=O)OC(C)(C)C. The molecule has 0 saturated carbocycles. The van der Waals surface area contributed by atoms with Crippen LogP contribution in [0.2, 0.25) is 0 Å². The highest BCUT2D eigenvalue weighted by atomic mass is 16.6. The Labute approximate surface area is 137 Å². The van der Waals surface area contributed by atoms with Crippen molar-refractivity contribution in [2.45, 2.75) is 58.8 Å². The van der Waals surface area contributed by atoms with Gasteiger partial charge >= 0.3 is 12.1 Å².